The van der Waals surface area contributed by atoms with Gasteiger partial charge in [-0.3, -0.25) is 14.8 Å². The molecule has 4 nitrogen and oxygen atoms in total. The summed E-state index contributed by atoms with van der Waals surface area (Å²) in [4.78, 5) is 22.4. The Morgan fingerprint density at radius 2 is 2.13 bits per heavy atom. The number of rotatable bonds is 7. The summed E-state index contributed by atoms with van der Waals surface area (Å²) in [5, 5.41) is 0.747. The lowest BCUT2D eigenvalue weighted by molar-refractivity contribution is -0.128. The van der Waals surface area contributed by atoms with Gasteiger partial charge in [0, 0.05) is 48.9 Å². The van der Waals surface area contributed by atoms with E-state index in [9.17, 15) is 4.79 Å². The third kappa shape index (κ3) is 5.52. The predicted molar refractivity (Wildman–Crippen MR) is 95.6 cm³/mol. The molecule has 1 atom stereocenters. The minimum atomic E-state index is 0.0834. The number of amides is 1. The molecule has 0 saturated carbocycles. The lowest BCUT2D eigenvalue weighted by Gasteiger charge is -2.24. The SMILES string of the molecule is CC(Cc1cnccn1)N(C)C(=O)CSCc1ccccc1Cl. The molecule has 0 saturated heterocycles. The second-order valence-electron chi connectivity index (χ2n) is 5.34. The van der Waals surface area contributed by atoms with Gasteiger partial charge in [0.15, 0.2) is 0 Å². The van der Waals surface area contributed by atoms with Gasteiger partial charge in [-0.2, -0.15) is 0 Å². The van der Waals surface area contributed by atoms with E-state index in [-0.39, 0.29) is 11.9 Å². The van der Waals surface area contributed by atoms with Crippen molar-refractivity contribution in [3.05, 3.63) is 59.1 Å². The van der Waals surface area contributed by atoms with Crippen molar-refractivity contribution in [2.24, 2.45) is 0 Å². The van der Waals surface area contributed by atoms with Gasteiger partial charge in [0.1, 0.15) is 0 Å². The fourth-order valence-corrected chi connectivity index (χ4v) is 3.32. The number of aromatic nitrogens is 2. The molecule has 1 unspecified atom stereocenters. The van der Waals surface area contributed by atoms with Crippen LogP contribution in [0.5, 0.6) is 0 Å². The smallest absolute Gasteiger partial charge is 0.232 e. The van der Waals surface area contributed by atoms with Crippen LogP contribution in [0.1, 0.15) is 18.2 Å². The van der Waals surface area contributed by atoms with Crippen LogP contribution in [0.25, 0.3) is 0 Å². The summed E-state index contributed by atoms with van der Waals surface area (Å²) in [6.45, 7) is 2.02. The highest BCUT2D eigenvalue weighted by Crippen LogP contribution is 2.21. The summed E-state index contributed by atoms with van der Waals surface area (Å²) >= 11 is 7.70. The summed E-state index contributed by atoms with van der Waals surface area (Å²) in [6.07, 6.45) is 5.75. The van der Waals surface area contributed by atoms with Crippen LogP contribution in [0.3, 0.4) is 0 Å². The number of nitrogens with zero attached hydrogens (tertiary/aromatic N) is 3. The molecular weight excluding hydrogens is 330 g/mol. The second-order valence-corrected chi connectivity index (χ2v) is 6.73. The Morgan fingerprint density at radius 3 is 2.83 bits per heavy atom. The quantitative estimate of drug-likeness (QED) is 0.768. The molecule has 0 aliphatic carbocycles. The fourth-order valence-electron chi connectivity index (χ4n) is 2.09. The summed E-state index contributed by atoms with van der Waals surface area (Å²) < 4.78 is 0. The molecule has 0 radical (unpaired) electrons. The maximum atomic E-state index is 12.3. The molecule has 0 spiro atoms. The molecule has 1 aromatic carbocycles. The van der Waals surface area contributed by atoms with Crippen LogP contribution in [0.15, 0.2) is 42.9 Å². The van der Waals surface area contributed by atoms with Gasteiger partial charge in [-0.1, -0.05) is 29.8 Å². The third-order valence-corrected chi connectivity index (χ3v) is 4.95. The van der Waals surface area contributed by atoms with E-state index in [1.54, 1.807) is 35.3 Å². The summed E-state index contributed by atoms with van der Waals surface area (Å²) in [6, 6.07) is 7.80. The van der Waals surface area contributed by atoms with Crippen molar-refractivity contribution in [1.82, 2.24) is 14.9 Å². The highest BCUT2D eigenvalue weighted by atomic mass is 35.5. The van der Waals surface area contributed by atoms with E-state index >= 15 is 0 Å². The van der Waals surface area contributed by atoms with Crippen molar-refractivity contribution in [2.45, 2.75) is 25.1 Å². The van der Waals surface area contributed by atoms with Gasteiger partial charge in [0.05, 0.1) is 11.4 Å². The highest BCUT2D eigenvalue weighted by Gasteiger charge is 2.16. The van der Waals surface area contributed by atoms with Gasteiger partial charge in [0.25, 0.3) is 0 Å². The van der Waals surface area contributed by atoms with Crippen molar-refractivity contribution in [3.8, 4) is 0 Å². The zero-order valence-corrected chi connectivity index (χ0v) is 14.8. The minimum absolute atomic E-state index is 0.0834. The number of thioether (sulfide) groups is 1. The van der Waals surface area contributed by atoms with E-state index in [0.717, 1.165) is 22.0 Å². The van der Waals surface area contributed by atoms with Gasteiger partial charge in [-0.15, -0.1) is 11.8 Å². The zero-order chi connectivity index (χ0) is 16.7. The Morgan fingerprint density at radius 1 is 1.35 bits per heavy atom. The number of likely N-dealkylation sites (N-methyl/N-ethyl adjacent to an activating group) is 1. The molecule has 1 heterocycles. The average Bonchev–Trinajstić information content (AvgIpc) is 2.56. The Bertz CT molecular complexity index is 639. The van der Waals surface area contributed by atoms with Crippen molar-refractivity contribution < 1.29 is 4.79 Å². The molecule has 2 aromatic rings. The Hall–Kier alpha value is -1.59. The lowest BCUT2D eigenvalue weighted by Crippen LogP contribution is -2.37. The van der Waals surface area contributed by atoms with Gasteiger partial charge < -0.3 is 4.90 Å². The molecular formula is C17H20ClN3OS. The van der Waals surface area contributed by atoms with Gasteiger partial charge >= 0.3 is 0 Å². The second kappa shape index (κ2) is 8.89. The van der Waals surface area contributed by atoms with E-state index < -0.39 is 0 Å². The normalized spacial score (nSPS) is 12.0. The topological polar surface area (TPSA) is 46.1 Å². The molecule has 122 valence electrons. The number of hydrogen-bond acceptors (Lipinski definition) is 4. The van der Waals surface area contributed by atoms with Gasteiger partial charge in [0.2, 0.25) is 5.91 Å². The zero-order valence-electron chi connectivity index (χ0n) is 13.3. The predicted octanol–water partition coefficient (Wildman–Crippen LogP) is 3.45. The monoisotopic (exact) mass is 349 g/mol. The molecule has 2 rings (SSSR count). The molecule has 1 aromatic heterocycles. The van der Waals surface area contributed by atoms with Crippen molar-refractivity contribution in [2.75, 3.05) is 12.8 Å². The van der Waals surface area contributed by atoms with Crippen LogP contribution < -0.4 is 0 Å². The largest absolute Gasteiger partial charge is 0.342 e. The van der Waals surface area contributed by atoms with Crippen LogP contribution in [0, 0.1) is 0 Å². The third-order valence-electron chi connectivity index (χ3n) is 3.62. The van der Waals surface area contributed by atoms with Gasteiger partial charge in [-0.25, -0.2) is 0 Å². The highest BCUT2D eigenvalue weighted by molar-refractivity contribution is 7.99. The molecule has 0 N–H and O–H groups in total. The standard InChI is InChI=1S/C17H20ClN3OS/c1-13(9-15-10-19-7-8-20-15)21(2)17(22)12-23-11-14-5-3-4-6-16(14)18/h3-8,10,13H,9,11-12H2,1-2H3. The van der Waals surface area contributed by atoms with Gasteiger partial charge in [-0.05, 0) is 18.6 Å². The number of benzene rings is 1. The van der Waals surface area contributed by atoms with E-state index in [0.29, 0.717) is 12.2 Å². The first-order valence-electron chi connectivity index (χ1n) is 7.39. The minimum Gasteiger partial charge on any atom is -0.342 e. The first-order valence-corrected chi connectivity index (χ1v) is 8.93. The molecule has 0 bridgehead atoms. The number of halogens is 1. The van der Waals surface area contributed by atoms with Crippen molar-refractivity contribution >= 4 is 29.3 Å². The Kier molecular flexibility index (Phi) is 6.86. The molecule has 23 heavy (non-hydrogen) atoms. The molecule has 0 aliphatic heterocycles. The van der Waals surface area contributed by atoms with Crippen LogP contribution in [-0.2, 0) is 17.0 Å². The Balaban J connectivity index is 1.79. The number of hydrogen-bond donors (Lipinski definition) is 0. The number of carbonyl (C=O) groups is 1. The first kappa shape index (κ1) is 17.8. The lowest BCUT2D eigenvalue weighted by atomic mass is 10.1. The van der Waals surface area contributed by atoms with Crippen molar-refractivity contribution in [3.63, 3.8) is 0 Å². The molecule has 1 amide bonds. The molecule has 0 aliphatic rings. The first-order chi connectivity index (χ1) is 11.1. The maximum Gasteiger partial charge on any atom is 0.232 e. The van der Waals surface area contributed by atoms with E-state index in [2.05, 4.69) is 9.97 Å². The summed E-state index contributed by atoms with van der Waals surface area (Å²) in [5.41, 5.74) is 1.95. The molecule has 0 fully saturated rings. The maximum absolute atomic E-state index is 12.3. The summed E-state index contributed by atoms with van der Waals surface area (Å²) in [5.74, 6) is 1.28. The van der Waals surface area contributed by atoms with Crippen LogP contribution >= 0.6 is 23.4 Å². The van der Waals surface area contributed by atoms with Crippen LogP contribution in [0.2, 0.25) is 5.02 Å². The Labute approximate surface area is 146 Å². The fraction of sp³-hybridized carbons (Fsp3) is 0.353. The van der Waals surface area contributed by atoms with E-state index in [4.69, 9.17) is 11.6 Å². The van der Waals surface area contributed by atoms with Crippen LogP contribution in [0.4, 0.5) is 0 Å². The van der Waals surface area contributed by atoms with Crippen LogP contribution in [-0.4, -0.2) is 39.6 Å². The molecule has 6 heteroatoms. The average molecular weight is 350 g/mol. The van der Waals surface area contributed by atoms with Crippen molar-refractivity contribution in [1.29, 1.82) is 0 Å². The number of carbonyl (C=O) groups excluding carboxylic acids is 1. The van der Waals surface area contributed by atoms with E-state index in [1.165, 1.54) is 0 Å². The van der Waals surface area contributed by atoms with E-state index in [1.807, 2.05) is 38.2 Å². The summed E-state index contributed by atoms with van der Waals surface area (Å²) in [7, 11) is 1.83.